The molecule has 2 unspecified atom stereocenters. The summed E-state index contributed by atoms with van der Waals surface area (Å²) < 4.78 is 1.89. The lowest BCUT2D eigenvalue weighted by atomic mass is 10.3. The molecule has 0 fully saturated rings. The van der Waals surface area contributed by atoms with Gasteiger partial charge in [-0.05, 0) is 13.8 Å². The van der Waals surface area contributed by atoms with E-state index in [2.05, 4.69) is 15.2 Å². The molecular weight excluding hydrogens is 224 g/mol. The van der Waals surface area contributed by atoms with Crippen LogP contribution < -0.4 is 0 Å². The van der Waals surface area contributed by atoms with Crippen LogP contribution in [0.5, 0.6) is 0 Å². The maximum absolute atomic E-state index is 9.47. The van der Waals surface area contributed by atoms with E-state index in [9.17, 15) is 5.11 Å². The van der Waals surface area contributed by atoms with Crippen molar-refractivity contribution in [3.63, 3.8) is 0 Å². The van der Waals surface area contributed by atoms with Crippen molar-refractivity contribution in [3.05, 3.63) is 18.2 Å². The molecule has 6 heteroatoms. The molecule has 0 aliphatic heterocycles. The van der Waals surface area contributed by atoms with Gasteiger partial charge in [-0.15, -0.1) is 10.2 Å². The van der Waals surface area contributed by atoms with Gasteiger partial charge >= 0.3 is 0 Å². The second kappa shape index (κ2) is 4.39. The average Bonchev–Trinajstić information content (AvgIpc) is 2.62. The molecule has 0 amide bonds. The highest BCUT2D eigenvalue weighted by Crippen LogP contribution is 2.26. The van der Waals surface area contributed by atoms with E-state index in [0.29, 0.717) is 0 Å². The van der Waals surface area contributed by atoms with Gasteiger partial charge in [-0.2, -0.15) is 0 Å². The number of aliphatic hydroxyl groups is 1. The van der Waals surface area contributed by atoms with Crippen molar-refractivity contribution < 1.29 is 5.11 Å². The molecule has 0 aliphatic carbocycles. The summed E-state index contributed by atoms with van der Waals surface area (Å²) in [4.78, 5) is 4.27. The highest BCUT2D eigenvalue weighted by Gasteiger charge is 2.15. The third-order valence-corrected chi connectivity index (χ3v) is 3.72. The van der Waals surface area contributed by atoms with Gasteiger partial charge in [-0.3, -0.25) is 4.40 Å². The van der Waals surface area contributed by atoms with Gasteiger partial charge in [-0.25, -0.2) is 4.98 Å². The molecule has 0 saturated carbocycles. The van der Waals surface area contributed by atoms with Gasteiger partial charge in [-0.1, -0.05) is 18.7 Å². The molecule has 2 atom stereocenters. The number of rotatable bonds is 3. The molecule has 16 heavy (non-hydrogen) atoms. The first kappa shape index (κ1) is 11.3. The minimum Gasteiger partial charge on any atom is -0.392 e. The Morgan fingerprint density at radius 2 is 2.12 bits per heavy atom. The van der Waals surface area contributed by atoms with Crippen LogP contribution in [0, 0.1) is 6.92 Å². The van der Waals surface area contributed by atoms with E-state index in [1.807, 2.05) is 24.4 Å². The van der Waals surface area contributed by atoms with Crippen LogP contribution in [-0.2, 0) is 0 Å². The summed E-state index contributed by atoms with van der Waals surface area (Å²) in [6, 6.07) is 0. The SMILES string of the molecule is Cc1nnc2c(SC(C)C(C)O)nccn12. The second-order valence-corrected chi connectivity index (χ2v) is 5.10. The van der Waals surface area contributed by atoms with Gasteiger partial charge in [0.15, 0.2) is 5.65 Å². The third-order valence-electron chi connectivity index (χ3n) is 2.44. The van der Waals surface area contributed by atoms with E-state index in [4.69, 9.17) is 0 Å². The van der Waals surface area contributed by atoms with Crippen LogP contribution in [0.15, 0.2) is 17.4 Å². The lowest BCUT2D eigenvalue weighted by Crippen LogP contribution is -2.15. The molecule has 0 aliphatic rings. The highest BCUT2D eigenvalue weighted by molar-refractivity contribution is 8.00. The number of thioether (sulfide) groups is 1. The summed E-state index contributed by atoms with van der Waals surface area (Å²) in [7, 11) is 0. The van der Waals surface area contributed by atoms with Crippen molar-refractivity contribution >= 4 is 17.4 Å². The monoisotopic (exact) mass is 238 g/mol. The zero-order chi connectivity index (χ0) is 11.7. The quantitative estimate of drug-likeness (QED) is 0.816. The van der Waals surface area contributed by atoms with E-state index in [-0.39, 0.29) is 11.4 Å². The van der Waals surface area contributed by atoms with Gasteiger partial charge in [0, 0.05) is 17.6 Å². The first-order valence-corrected chi connectivity index (χ1v) is 5.98. The van der Waals surface area contributed by atoms with E-state index < -0.39 is 0 Å². The van der Waals surface area contributed by atoms with Crippen molar-refractivity contribution in [1.29, 1.82) is 0 Å². The van der Waals surface area contributed by atoms with Gasteiger partial charge in [0.2, 0.25) is 0 Å². The molecule has 2 aromatic rings. The lowest BCUT2D eigenvalue weighted by molar-refractivity contribution is 0.196. The van der Waals surface area contributed by atoms with E-state index in [1.54, 1.807) is 13.1 Å². The Morgan fingerprint density at radius 3 is 2.81 bits per heavy atom. The number of hydrogen-bond donors (Lipinski definition) is 1. The Kier molecular flexibility index (Phi) is 3.11. The van der Waals surface area contributed by atoms with Crippen LogP contribution >= 0.6 is 11.8 Å². The van der Waals surface area contributed by atoms with E-state index in [0.717, 1.165) is 16.5 Å². The van der Waals surface area contributed by atoms with Crippen LogP contribution in [0.25, 0.3) is 5.65 Å². The van der Waals surface area contributed by atoms with Crippen molar-refractivity contribution in [2.24, 2.45) is 0 Å². The molecule has 0 radical (unpaired) electrons. The zero-order valence-corrected chi connectivity index (χ0v) is 10.3. The first-order chi connectivity index (χ1) is 7.59. The number of hydrogen-bond acceptors (Lipinski definition) is 5. The zero-order valence-electron chi connectivity index (χ0n) is 9.45. The van der Waals surface area contributed by atoms with Crippen molar-refractivity contribution in [2.45, 2.75) is 37.2 Å². The topological polar surface area (TPSA) is 63.3 Å². The molecule has 0 spiro atoms. The largest absolute Gasteiger partial charge is 0.392 e. The first-order valence-electron chi connectivity index (χ1n) is 5.10. The number of fused-ring (bicyclic) bond motifs is 1. The fourth-order valence-electron chi connectivity index (χ4n) is 1.28. The minimum atomic E-state index is -0.379. The number of aromatic nitrogens is 4. The molecule has 2 rings (SSSR count). The maximum Gasteiger partial charge on any atom is 0.193 e. The smallest absolute Gasteiger partial charge is 0.193 e. The predicted molar refractivity (Wildman–Crippen MR) is 62.5 cm³/mol. The van der Waals surface area contributed by atoms with Gasteiger partial charge in [0.1, 0.15) is 10.9 Å². The van der Waals surface area contributed by atoms with Crippen molar-refractivity contribution in [1.82, 2.24) is 19.6 Å². The maximum atomic E-state index is 9.47. The summed E-state index contributed by atoms with van der Waals surface area (Å²) in [5.41, 5.74) is 0.748. The summed E-state index contributed by atoms with van der Waals surface area (Å²) >= 11 is 1.51. The van der Waals surface area contributed by atoms with Crippen LogP contribution in [0.2, 0.25) is 0 Å². The minimum absolute atomic E-state index is 0.0794. The number of aryl methyl sites for hydroxylation is 1. The summed E-state index contributed by atoms with van der Waals surface area (Å²) in [5, 5.41) is 18.4. The Morgan fingerprint density at radius 1 is 1.38 bits per heavy atom. The Bertz CT molecular complexity index is 497. The molecule has 0 bridgehead atoms. The number of aliphatic hydroxyl groups excluding tert-OH is 1. The van der Waals surface area contributed by atoms with Crippen molar-refractivity contribution in [3.8, 4) is 0 Å². The van der Waals surface area contributed by atoms with E-state index in [1.165, 1.54) is 11.8 Å². The normalized spacial score (nSPS) is 15.2. The standard InChI is InChI=1S/C10H14N4OS/c1-6(15)7(2)16-10-9-13-12-8(3)14(9)5-4-11-10/h4-7,15H,1-3H3. The summed E-state index contributed by atoms with van der Waals surface area (Å²) in [6.45, 7) is 5.63. The molecular formula is C10H14N4OS. The van der Waals surface area contributed by atoms with Gasteiger partial charge < -0.3 is 5.11 Å². The molecule has 5 nitrogen and oxygen atoms in total. The fraction of sp³-hybridized carbons (Fsp3) is 0.500. The molecule has 2 heterocycles. The van der Waals surface area contributed by atoms with Gasteiger partial charge in [0.25, 0.3) is 0 Å². The van der Waals surface area contributed by atoms with Crippen LogP contribution in [0.1, 0.15) is 19.7 Å². The van der Waals surface area contributed by atoms with E-state index >= 15 is 0 Å². The van der Waals surface area contributed by atoms with Gasteiger partial charge in [0.05, 0.1) is 6.10 Å². The van der Waals surface area contributed by atoms with Crippen LogP contribution in [0.4, 0.5) is 0 Å². The summed E-state index contributed by atoms with van der Waals surface area (Å²) in [5.74, 6) is 0.837. The lowest BCUT2D eigenvalue weighted by Gasteiger charge is -2.13. The van der Waals surface area contributed by atoms with Crippen LogP contribution in [-0.4, -0.2) is 36.0 Å². The Balaban J connectivity index is 2.37. The molecule has 2 aromatic heterocycles. The van der Waals surface area contributed by atoms with Crippen molar-refractivity contribution in [2.75, 3.05) is 0 Å². The predicted octanol–water partition coefficient (Wildman–Crippen LogP) is 1.29. The fourth-order valence-corrected chi connectivity index (χ4v) is 2.19. The Labute approximate surface area is 97.9 Å². The molecule has 1 N–H and O–H groups in total. The molecule has 0 aromatic carbocycles. The second-order valence-electron chi connectivity index (χ2n) is 3.74. The molecule has 86 valence electrons. The molecule has 0 saturated heterocycles. The highest BCUT2D eigenvalue weighted by atomic mass is 32.2. The Hall–Kier alpha value is -1.14. The number of nitrogens with zero attached hydrogens (tertiary/aromatic N) is 4. The van der Waals surface area contributed by atoms with Crippen LogP contribution in [0.3, 0.4) is 0 Å². The average molecular weight is 238 g/mol. The summed E-state index contributed by atoms with van der Waals surface area (Å²) in [6.07, 6.45) is 3.18. The third kappa shape index (κ3) is 2.03.